The van der Waals surface area contributed by atoms with Crippen LogP contribution in [0.1, 0.15) is 36.8 Å². The number of carbonyl (C=O) groups is 3. The maximum atomic E-state index is 13.0. The fraction of sp³-hybridized carbons (Fsp3) is 0.458. The lowest BCUT2D eigenvalue weighted by Gasteiger charge is -2.36. The summed E-state index contributed by atoms with van der Waals surface area (Å²) in [6, 6.07) is 7.57. The third-order valence-electron chi connectivity index (χ3n) is 5.35. The second-order valence-corrected chi connectivity index (χ2v) is 7.60. The quantitative estimate of drug-likeness (QED) is 0.302. The van der Waals surface area contributed by atoms with Crippen LogP contribution < -0.4 is 5.32 Å². The van der Waals surface area contributed by atoms with Gasteiger partial charge in [-0.1, -0.05) is 36.4 Å². The van der Waals surface area contributed by atoms with Gasteiger partial charge in [0.15, 0.2) is 0 Å². The number of esters is 1. The number of amides is 2. The van der Waals surface area contributed by atoms with Crippen molar-refractivity contribution >= 4 is 17.8 Å². The third-order valence-corrected chi connectivity index (χ3v) is 5.35. The standard InChI is InChI=1S/C24H32N2O5/c1-3-5-11-23(29)31-13-12-25-24(30)19(8-4-2)15-22(28)26-16-20-10-7-6-9-18(20)14-21(26)17-27/h3-4,6-7,9-10,19,21,27H,1-2,5,8,11-17H2,(H,25,30). The van der Waals surface area contributed by atoms with Crippen LogP contribution in [0.3, 0.4) is 0 Å². The van der Waals surface area contributed by atoms with Crippen LogP contribution in [0.25, 0.3) is 0 Å². The molecular formula is C24H32N2O5. The molecule has 2 N–H and O–H groups in total. The lowest BCUT2D eigenvalue weighted by atomic mass is 9.92. The monoisotopic (exact) mass is 428 g/mol. The molecule has 0 aliphatic carbocycles. The van der Waals surface area contributed by atoms with Crippen LogP contribution >= 0.6 is 0 Å². The van der Waals surface area contributed by atoms with Gasteiger partial charge in [-0.25, -0.2) is 0 Å². The Labute approximate surface area is 183 Å². The first-order valence-electron chi connectivity index (χ1n) is 10.6. The maximum Gasteiger partial charge on any atom is 0.306 e. The smallest absolute Gasteiger partial charge is 0.306 e. The van der Waals surface area contributed by atoms with Gasteiger partial charge in [0.1, 0.15) is 6.61 Å². The van der Waals surface area contributed by atoms with Crippen molar-refractivity contribution < 1.29 is 24.2 Å². The van der Waals surface area contributed by atoms with Crippen LogP contribution in [0, 0.1) is 5.92 Å². The van der Waals surface area contributed by atoms with Crippen molar-refractivity contribution in [3.05, 3.63) is 60.7 Å². The van der Waals surface area contributed by atoms with Crippen LogP contribution in [0.15, 0.2) is 49.6 Å². The molecule has 0 saturated carbocycles. The molecule has 1 aliphatic rings. The topological polar surface area (TPSA) is 95.9 Å². The van der Waals surface area contributed by atoms with Gasteiger partial charge in [-0.15, -0.1) is 13.2 Å². The van der Waals surface area contributed by atoms with E-state index in [0.717, 1.165) is 11.1 Å². The molecule has 7 nitrogen and oxygen atoms in total. The SMILES string of the molecule is C=CCCC(=O)OCCNC(=O)C(CC=C)CC(=O)N1Cc2ccccc2CC1CO. The number of carbonyl (C=O) groups excluding carboxylic acids is 3. The predicted molar refractivity (Wildman–Crippen MR) is 118 cm³/mol. The number of nitrogens with zero attached hydrogens (tertiary/aromatic N) is 1. The van der Waals surface area contributed by atoms with Crippen LogP contribution in [-0.2, 0) is 32.1 Å². The lowest BCUT2D eigenvalue weighted by molar-refractivity contribution is -0.144. The molecule has 0 saturated heterocycles. The van der Waals surface area contributed by atoms with Crippen LogP contribution in [0.2, 0.25) is 0 Å². The zero-order chi connectivity index (χ0) is 22.6. The Kier molecular flexibility index (Phi) is 9.97. The number of hydrogen-bond acceptors (Lipinski definition) is 5. The van der Waals surface area contributed by atoms with Crippen LogP contribution in [-0.4, -0.2) is 53.6 Å². The Morgan fingerprint density at radius 1 is 1.23 bits per heavy atom. The van der Waals surface area contributed by atoms with Crippen molar-refractivity contribution in [2.75, 3.05) is 19.8 Å². The Morgan fingerprint density at radius 3 is 2.65 bits per heavy atom. The molecule has 31 heavy (non-hydrogen) atoms. The molecular weight excluding hydrogens is 396 g/mol. The molecule has 168 valence electrons. The van der Waals surface area contributed by atoms with Crippen molar-refractivity contribution in [3.8, 4) is 0 Å². The summed E-state index contributed by atoms with van der Waals surface area (Å²) in [5, 5.41) is 12.5. The molecule has 2 amide bonds. The van der Waals surface area contributed by atoms with Gasteiger partial charge in [0.2, 0.25) is 11.8 Å². The van der Waals surface area contributed by atoms with Gasteiger partial charge in [0, 0.05) is 19.4 Å². The molecule has 1 heterocycles. The summed E-state index contributed by atoms with van der Waals surface area (Å²) < 4.78 is 5.05. The number of hydrogen-bond donors (Lipinski definition) is 2. The molecule has 0 fully saturated rings. The third kappa shape index (κ3) is 7.36. The molecule has 0 radical (unpaired) electrons. The van der Waals surface area contributed by atoms with Gasteiger partial charge >= 0.3 is 5.97 Å². The molecule has 1 aromatic rings. The molecule has 7 heteroatoms. The summed E-state index contributed by atoms with van der Waals surface area (Å²) in [6.45, 7) is 7.78. The molecule has 2 unspecified atom stereocenters. The van der Waals surface area contributed by atoms with E-state index in [4.69, 9.17) is 4.74 Å². The fourth-order valence-corrected chi connectivity index (χ4v) is 3.63. The van der Waals surface area contributed by atoms with E-state index >= 15 is 0 Å². The van der Waals surface area contributed by atoms with Crippen molar-refractivity contribution in [1.29, 1.82) is 0 Å². The summed E-state index contributed by atoms with van der Waals surface area (Å²) >= 11 is 0. The molecule has 0 bridgehead atoms. The van der Waals surface area contributed by atoms with E-state index in [0.29, 0.717) is 25.8 Å². The maximum absolute atomic E-state index is 13.0. The summed E-state index contributed by atoms with van der Waals surface area (Å²) in [5.41, 5.74) is 2.19. The van der Waals surface area contributed by atoms with E-state index < -0.39 is 5.92 Å². The number of aliphatic hydroxyl groups is 1. The highest BCUT2D eigenvalue weighted by Crippen LogP contribution is 2.25. The van der Waals surface area contributed by atoms with Gasteiger partial charge in [-0.05, 0) is 30.4 Å². The largest absolute Gasteiger partial charge is 0.464 e. The van der Waals surface area contributed by atoms with Crippen LogP contribution in [0.4, 0.5) is 0 Å². The van der Waals surface area contributed by atoms with Gasteiger partial charge in [0.25, 0.3) is 0 Å². The number of nitrogens with one attached hydrogen (secondary N) is 1. The molecule has 0 spiro atoms. The highest BCUT2D eigenvalue weighted by atomic mass is 16.5. The molecule has 1 aromatic carbocycles. The molecule has 2 atom stereocenters. The molecule has 2 rings (SSSR count). The van der Waals surface area contributed by atoms with Crippen molar-refractivity contribution in [1.82, 2.24) is 10.2 Å². The Hall–Kier alpha value is -2.93. The van der Waals surface area contributed by atoms with E-state index in [-0.39, 0.29) is 56.4 Å². The van der Waals surface area contributed by atoms with E-state index in [1.807, 2.05) is 24.3 Å². The Morgan fingerprint density at radius 2 is 1.97 bits per heavy atom. The summed E-state index contributed by atoms with van der Waals surface area (Å²) in [7, 11) is 0. The minimum atomic E-state index is -0.571. The molecule has 0 aromatic heterocycles. The summed E-state index contributed by atoms with van der Waals surface area (Å²) in [5.74, 6) is -1.37. The predicted octanol–water partition coefficient (Wildman–Crippen LogP) is 2.14. The fourth-order valence-electron chi connectivity index (χ4n) is 3.63. The van der Waals surface area contributed by atoms with Gasteiger partial charge in [-0.2, -0.15) is 0 Å². The number of ether oxygens (including phenoxy) is 1. The van der Waals surface area contributed by atoms with Gasteiger partial charge in [-0.3, -0.25) is 14.4 Å². The highest BCUT2D eigenvalue weighted by molar-refractivity contribution is 5.86. The summed E-state index contributed by atoms with van der Waals surface area (Å²) in [4.78, 5) is 38.7. The number of rotatable bonds is 12. The highest BCUT2D eigenvalue weighted by Gasteiger charge is 2.31. The first-order chi connectivity index (χ1) is 15.0. The zero-order valence-corrected chi connectivity index (χ0v) is 17.9. The normalized spacial score (nSPS) is 16.0. The van der Waals surface area contributed by atoms with Crippen molar-refractivity contribution in [2.24, 2.45) is 5.92 Å². The average Bonchev–Trinajstić information content (AvgIpc) is 2.78. The number of fused-ring (bicyclic) bond motifs is 1. The van der Waals surface area contributed by atoms with Crippen LogP contribution in [0.5, 0.6) is 0 Å². The van der Waals surface area contributed by atoms with E-state index in [2.05, 4.69) is 18.5 Å². The number of benzene rings is 1. The van der Waals surface area contributed by atoms with E-state index in [1.165, 1.54) is 0 Å². The summed E-state index contributed by atoms with van der Waals surface area (Å²) in [6.07, 6.45) is 5.03. The molecule has 1 aliphatic heterocycles. The van der Waals surface area contributed by atoms with Gasteiger partial charge < -0.3 is 20.1 Å². The number of allylic oxidation sites excluding steroid dienone is 2. The first kappa shape index (κ1) is 24.3. The Balaban J connectivity index is 1.90. The number of aliphatic hydroxyl groups excluding tert-OH is 1. The average molecular weight is 429 g/mol. The van der Waals surface area contributed by atoms with Gasteiger partial charge in [0.05, 0.1) is 25.1 Å². The van der Waals surface area contributed by atoms with Crippen molar-refractivity contribution in [3.63, 3.8) is 0 Å². The second kappa shape index (κ2) is 12.7. The minimum Gasteiger partial charge on any atom is -0.464 e. The second-order valence-electron chi connectivity index (χ2n) is 7.60. The van der Waals surface area contributed by atoms with Crippen molar-refractivity contribution in [2.45, 2.75) is 44.7 Å². The lowest BCUT2D eigenvalue weighted by Crippen LogP contribution is -2.47. The first-order valence-corrected chi connectivity index (χ1v) is 10.6. The Bertz CT molecular complexity index is 792. The minimum absolute atomic E-state index is 0.0235. The van der Waals surface area contributed by atoms with E-state index in [1.54, 1.807) is 17.1 Å². The van der Waals surface area contributed by atoms with E-state index in [9.17, 15) is 19.5 Å². The zero-order valence-electron chi connectivity index (χ0n) is 17.9.